The molecule has 2 fully saturated rings. The fraction of sp³-hybridized carbons (Fsp3) is 0.345. The third-order valence-electron chi connectivity index (χ3n) is 14.7. The van der Waals surface area contributed by atoms with E-state index in [2.05, 4.69) is 174 Å². The van der Waals surface area contributed by atoms with Gasteiger partial charge in [0, 0.05) is 44.3 Å². The third-order valence-corrected chi connectivity index (χ3v) is 14.7. The summed E-state index contributed by atoms with van der Waals surface area (Å²) in [6, 6.07) is 43.5. The first-order chi connectivity index (χ1) is 29.0. The zero-order valence-electron chi connectivity index (χ0n) is 37.5. The molecule has 2 heteroatoms. The molecule has 7 aromatic carbocycles. The summed E-state index contributed by atoms with van der Waals surface area (Å²) in [5, 5.41) is 5.24. The Morgan fingerprint density at radius 1 is 0.300 bits per heavy atom. The van der Waals surface area contributed by atoms with E-state index in [1.165, 1.54) is 176 Å². The number of nitrogens with zero attached hydrogens (tertiary/aromatic N) is 2. The average Bonchev–Trinajstić information content (AvgIpc) is 3.26. The molecule has 0 spiro atoms. The van der Waals surface area contributed by atoms with Gasteiger partial charge in [-0.15, -0.1) is 0 Å². The molecule has 0 atom stereocenters. The predicted molar refractivity (Wildman–Crippen MR) is 260 cm³/mol. The summed E-state index contributed by atoms with van der Waals surface area (Å²) in [4.78, 5) is 5.21. The maximum Gasteiger partial charge on any atom is 0.0620 e. The summed E-state index contributed by atoms with van der Waals surface area (Å²) in [5.41, 5.74) is 20.9. The fourth-order valence-corrected chi connectivity index (χ4v) is 10.4. The van der Waals surface area contributed by atoms with Crippen LogP contribution in [0.15, 0.2) is 109 Å². The van der Waals surface area contributed by atoms with Gasteiger partial charge in [-0.1, -0.05) is 87.1 Å². The Bertz CT molecular complexity index is 2430. The molecule has 2 saturated carbocycles. The first-order valence-corrected chi connectivity index (χ1v) is 23.0. The van der Waals surface area contributed by atoms with Crippen molar-refractivity contribution in [2.24, 2.45) is 0 Å². The van der Waals surface area contributed by atoms with Crippen LogP contribution in [0.1, 0.15) is 132 Å². The van der Waals surface area contributed by atoms with Crippen LogP contribution in [0.3, 0.4) is 0 Å². The molecule has 306 valence electrons. The first kappa shape index (κ1) is 40.1. The van der Waals surface area contributed by atoms with Crippen molar-refractivity contribution in [3.63, 3.8) is 0 Å². The molecular formula is C58H64N2. The van der Waals surface area contributed by atoms with Crippen LogP contribution in [0.25, 0.3) is 21.5 Å². The van der Waals surface area contributed by atoms with E-state index in [9.17, 15) is 0 Å². The predicted octanol–water partition coefficient (Wildman–Crippen LogP) is 17.5. The van der Waals surface area contributed by atoms with Crippen LogP contribution in [-0.2, 0) is 0 Å². The number of rotatable bonds is 8. The molecule has 0 unspecified atom stereocenters. The Morgan fingerprint density at radius 2 is 0.600 bits per heavy atom. The molecule has 0 heterocycles. The Morgan fingerprint density at radius 3 is 0.883 bits per heavy atom. The first-order valence-electron chi connectivity index (χ1n) is 23.0. The summed E-state index contributed by atoms with van der Waals surface area (Å²) < 4.78 is 0. The molecule has 0 aromatic heterocycles. The topological polar surface area (TPSA) is 6.48 Å². The summed E-state index contributed by atoms with van der Waals surface area (Å²) in [6.07, 6.45) is 13.0. The number of hydrogen-bond donors (Lipinski definition) is 0. The van der Waals surface area contributed by atoms with Crippen molar-refractivity contribution in [3.8, 4) is 0 Å². The highest BCUT2D eigenvalue weighted by atomic mass is 15.2. The van der Waals surface area contributed by atoms with Gasteiger partial charge in [0.2, 0.25) is 0 Å². The Hall–Kier alpha value is -5.34. The molecule has 0 bridgehead atoms. The average molecular weight is 789 g/mol. The van der Waals surface area contributed by atoms with Gasteiger partial charge in [-0.3, -0.25) is 0 Å². The van der Waals surface area contributed by atoms with Crippen molar-refractivity contribution >= 4 is 55.7 Å². The lowest BCUT2D eigenvalue weighted by molar-refractivity contribution is 0.444. The van der Waals surface area contributed by atoms with Crippen LogP contribution in [0.4, 0.5) is 34.1 Å². The monoisotopic (exact) mass is 789 g/mol. The van der Waals surface area contributed by atoms with Gasteiger partial charge in [0.25, 0.3) is 0 Å². The Kier molecular flexibility index (Phi) is 11.1. The molecule has 0 amide bonds. The molecule has 2 aliphatic carbocycles. The minimum absolute atomic E-state index is 0.580. The standard InChI is InChI=1S/C58H64N2/c1-37-19-25-49(31-41(37)5)59(50-26-20-38(2)42(6)32-50)57-53-29-23-48(46-17-13-10-14-18-46)36-56(53)58(54-30-24-47(35-55(54)57)45-15-11-9-12-16-45)60(51-27-21-39(3)43(7)33-51)52-28-22-40(4)44(8)34-52/h19-36,45-46H,9-18H2,1-8H3. The lowest BCUT2D eigenvalue weighted by atomic mass is 9.81. The highest BCUT2D eigenvalue weighted by Crippen LogP contribution is 2.53. The third kappa shape index (κ3) is 7.53. The van der Waals surface area contributed by atoms with Gasteiger partial charge in [0.05, 0.1) is 11.4 Å². The lowest BCUT2D eigenvalue weighted by Gasteiger charge is -2.34. The summed E-state index contributed by atoms with van der Waals surface area (Å²) in [7, 11) is 0. The van der Waals surface area contributed by atoms with E-state index in [0.717, 1.165) is 0 Å². The summed E-state index contributed by atoms with van der Waals surface area (Å²) in [6.45, 7) is 18.0. The van der Waals surface area contributed by atoms with Gasteiger partial charge >= 0.3 is 0 Å². The molecule has 0 radical (unpaired) electrons. The van der Waals surface area contributed by atoms with Gasteiger partial charge in [-0.05, 0) is 209 Å². The van der Waals surface area contributed by atoms with Gasteiger partial charge in [-0.2, -0.15) is 0 Å². The van der Waals surface area contributed by atoms with Crippen LogP contribution in [0, 0.1) is 55.4 Å². The van der Waals surface area contributed by atoms with Crippen molar-refractivity contribution in [2.75, 3.05) is 9.80 Å². The zero-order chi connectivity index (χ0) is 41.7. The number of benzene rings is 7. The number of fused-ring (bicyclic) bond motifs is 2. The second-order valence-corrected chi connectivity index (χ2v) is 18.7. The number of anilines is 6. The summed E-state index contributed by atoms with van der Waals surface area (Å²) >= 11 is 0. The molecule has 2 aliphatic rings. The van der Waals surface area contributed by atoms with E-state index < -0.39 is 0 Å². The number of hydrogen-bond acceptors (Lipinski definition) is 2. The molecule has 60 heavy (non-hydrogen) atoms. The smallest absolute Gasteiger partial charge is 0.0620 e. The van der Waals surface area contributed by atoms with Crippen molar-refractivity contribution in [3.05, 3.63) is 165 Å². The quantitative estimate of drug-likeness (QED) is 0.112. The van der Waals surface area contributed by atoms with E-state index in [-0.39, 0.29) is 0 Å². The van der Waals surface area contributed by atoms with Crippen LogP contribution in [0.5, 0.6) is 0 Å². The minimum Gasteiger partial charge on any atom is -0.309 e. The van der Waals surface area contributed by atoms with Crippen molar-refractivity contribution in [1.29, 1.82) is 0 Å². The Balaban J connectivity index is 1.46. The van der Waals surface area contributed by atoms with Gasteiger partial charge < -0.3 is 9.80 Å². The number of aryl methyl sites for hydroxylation is 8. The zero-order valence-corrected chi connectivity index (χ0v) is 37.5. The molecule has 2 nitrogen and oxygen atoms in total. The van der Waals surface area contributed by atoms with Gasteiger partial charge in [0.15, 0.2) is 0 Å². The van der Waals surface area contributed by atoms with Crippen LogP contribution >= 0.6 is 0 Å². The fourth-order valence-electron chi connectivity index (χ4n) is 10.4. The molecule has 0 saturated heterocycles. The van der Waals surface area contributed by atoms with Gasteiger partial charge in [0.1, 0.15) is 0 Å². The van der Waals surface area contributed by atoms with E-state index in [4.69, 9.17) is 0 Å². The van der Waals surface area contributed by atoms with Crippen molar-refractivity contribution < 1.29 is 0 Å². The highest BCUT2D eigenvalue weighted by Gasteiger charge is 2.29. The highest BCUT2D eigenvalue weighted by molar-refractivity contribution is 6.23. The largest absolute Gasteiger partial charge is 0.309 e. The summed E-state index contributed by atoms with van der Waals surface area (Å²) in [5.74, 6) is 1.16. The Labute approximate surface area is 360 Å². The van der Waals surface area contributed by atoms with Gasteiger partial charge in [-0.25, -0.2) is 0 Å². The van der Waals surface area contributed by atoms with Crippen LogP contribution in [-0.4, -0.2) is 0 Å². The van der Waals surface area contributed by atoms with Crippen molar-refractivity contribution in [1.82, 2.24) is 0 Å². The van der Waals surface area contributed by atoms with E-state index in [1.54, 1.807) is 0 Å². The SMILES string of the molecule is Cc1ccc(N(c2ccc(C)c(C)c2)c2c3ccc(C4CCCCC4)cc3c(N(c3ccc(C)c(C)c3)c3ccc(C)c(C)c3)c3ccc(C4CCCCC4)cc23)cc1C. The molecule has 0 N–H and O–H groups in total. The molecule has 7 aromatic rings. The van der Waals surface area contributed by atoms with Crippen molar-refractivity contribution in [2.45, 2.75) is 131 Å². The maximum atomic E-state index is 2.62. The second-order valence-electron chi connectivity index (χ2n) is 18.7. The molecule has 9 rings (SSSR count). The van der Waals surface area contributed by atoms with E-state index >= 15 is 0 Å². The normalized spacial score (nSPS) is 15.2. The second kappa shape index (κ2) is 16.6. The molecule has 0 aliphatic heterocycles. The lowest BCUT2D eigenvalue weighted by Crippen LogP contribution is -2.16. The van der Waals surface area contributed by atoms with E-state index in [1.807, 2.05) is 0 Å². The maximum absolute atomic E-state index is 2.62. The van der Waals surface area contributed by atoms with Crippen LogP contribution in [0.2, 0.25) is 0 Å². The van der Waals surface area contributed by atoms with Crippen LogP contribution < -0.4 is 9.80 Å². The molecular weight excluding hydrogens is 725 g/mol. The minimum atomic E-state index is 0.580. The van der Waals surface area contributed by atoms with E-state index in [0.29, 0.717) is 11.8 Å².